The summed E-state index contributed by atoms with van der Waals surface area (Å²) in [7, 11) is 0. The number of nitrogens with zero attached hydrogens (tertiary/aromatic N) is 1. The summed E-state index contributed by atoms with van der Waals surface area (Å²) in [4.78, 5) is 0. The molecule has 204 valence electrons. The average Bonchev–Trinajstić information content (AvgIpc) is 3.26. The lowest BCUT2D eigenvalue weighted by Gasteiger charge is -2.33. The molecule has 0 amide bonds. The Labute approximate surface area is 240 Å². The van der Waals surface area contributed by atoms with E-state index in [-0.39, 0.29) is 5.41 Å². The third kappa shape index (κ3) is 5.44. The molecule has 0 spiro atoms. The van der Waals surface area contributed by atoms with E-state index in [1.807, 2.05) is 30.3 Å². The SMILES string of the molecule is CCCCCCC1(CCCCCC)c2cc(-c3ccc(C#N)cc3)ccc2-c2ccc(-c3ccccc3O)cc21. The fraction of sp³-hybridized carbons (Fsp3) is 0.342. The Hall–Kier alpha value is -3.83. The van der Waals surface area contributed by atoms with E-state index in [0.717, 1.165) is 29.5 Å². The number of hydrogen-bond acceptors (Lipinski definition) is 2. The van der Waals surface area contributed by atoms with E-state index in [1.54, 1.807) is 6.07 Å². The van der Waals surface area contributed by atoms with Gasteiger partial charge in [0.05, 0.1) is 11.6 Å². The first-order valence-corrected chi connectivity index (χ1v) is 15.2. The lowest BCUT2D eigenvalue weighted by atomic mass is 9.70. The van der Waals surface area contributed by atoms with Gasteiger partial charge in [-0.25, -0.2) is 0 Å². The molecule has 0 radical (unpaired) electrons. The van der Waals surface area contributed by atoms with Crippen LogP contribution in [-0.4, -0.2) is 5.11 Å². The number of phenolic OH excluding ortho intramolecular Hbond substituents is 1. The number of nitriles is 1. The van der Waals surface area contributed by atoms with Crippen molar-refractivity contribution in [3.05, 3.63) is 102 Å². The summed E-state index contributed by atoms with van der Waals surface area (Å²) in [6.07, 6.45) is 12.2. The largest absolute Gasteiger partial charge is 0.507 e. The maximum Gasteiger partial charge on any atom is 0.123 e. The first-order valence-electron chi connectivity index (χ1n) is 15.2. The van der Waals surface area contributed by atoms with E-state index in [9.17, 15) is 10.4 Å². The molecule has 2 nitrogen and oxygen atoms in total. The van der Waals surface area contributed by atoms with Crippen molar-refractivity contribution in [2.24, 2.45) is 0 Å². The van der Waals surface area contributed by atoms with Crippen molar-refractivity contribution < 1.29 is 5.11 Å². The summed E-state index contributed by atoms with van der Waals surface area (Å²) in [5.74, 6) is 0.331. The van der Waals surface area contributed by atoms with Crippen LogP contribution in [0.1, 0.15) is 94.7 Å². The molecule has 0 heterocycles. The monoisotopic (exact) mass is 527 g/mol. The highest BCUT2D eigenvalue weighted by Crippen LogP contribution is 2.56. The zero-order chi connectivity index (χ0) is 28.0. The number of rotatable bonds is 12. The Bertz CT molecular complexity index is 1480. The molecule has 0 bridgehead atoms. The van der Waals surface area contributed by atoms with Gasteiger partial charge in [-0.3, -0.25) is 0 Å². The van der Waals surface area contributed by atoms with Crippen LogP contribution in [0, 0.1) is 11.3 Å². The van der Waals surface area contributed by atoms with Crippen molar-refractivity contribution in [1.82, 2.24) is 0 Å². The number of phenols is 1. The Morgan fingerprint density at radius 1 is 0.600 bits per heavy atom. The van der Waals surface area contributed by atoms with E-state index in [2.05, 4.69) is 68.4 Å². The van der Waals surface area contributed by atoms with Gasteiger partial charge in [0.2, 0.25) is 0 Å². The Kier molecular flexibility index (Phi) is 8.71. The van der Waals surface area contributed by atoms with Gasteiger partial charge in [0, 0.05) is 11.0 Å². The minimum absolute atomic E-state index is 0.0465. The normalized spacial score (nSPS) is 13.0. The van der Waals surface area contributed by atoms with E-state index in [4.69, 9.17) is 0 Å². The van der Waals surface area contributed by atoms with Gasteiger partial charge in [-0.2, -0.15) is 5.26 Å². The zero-order valence-corrected chi connectivity index (χ0v) is 24.0. The number of para-hydroxylation sites is 1. The van der Waals surface area contributed by atoms with Gasteiger partial charge in [0.1, 0.15) is 5.75 Å². The summed E-state index contributed by atoms with van der Waals surface area (Å²) in [6, 6.07) is 31.8. The molecule has 5 rings (SSSR count). The molecule has 0 fully saturated rings. The van der Waals surface area contributed by atoms with Crippen molar-refractivity contribution in [2.75, 3.05) is 0 Å². The minimum atomic E-state index is -0.0465. The first-order chi connectivity index (χ1) is 19.6. The van der Waals surface area contributed by atoms with E-state index >= 15 is 0 Å². The number of fused-ring (bicyclic) bond motifs is 3. The Morgan fingerprint density at radius 3 is 1.73 bits per heavy atom. The van der Waals surface area contributed by atoms with Gasteiger partial charge in [-0.05, 0) is 82.1 Å². The van der Waals surface area contributed by atoms with Crippen LogP contribution < -0.4 is 0 Å². The molecule has 4 aromatic rings. The second-order valence-corrected chi connectivity index (χ2v) is 11.4. The highest BCUT2D eigenvalue weighted by atomic mass is 16.3. The van der Waals surface area contributed by atoms with Crippen LogP contribution in [0.5, 0.6) is 5.75 Å². The van der Waals surface area contributed by atoms with E-state index < -0.39 is 0 Å². The number of hydrogen-bond donors (Lipinski definition) is 1. The number of benzene rings is 4. The highest BCUT2D eigenvalue weighted by molar-refractivity contribution is 5.86. The fourth-order valence-electron chi connectivity index (χ4n) is 6.67. The molecule has 0 aliphatic heterocycles. The summed E-state index contributed by atoms with van der Waals surface area (Å²) < 4.78 is 0. The Morgan fingerprint density at radius 2 is 1.15 bits per heavy atom. The van der Waals surface area contributed by atoms with Crippen LogP contribution in [0.2, 0.25) is 0 Å². The third-order valence-electron chi connectivity index (χ3n) is 8.84. The maximum absolute atomic E-state index is 10.7. The van der Waals surface area contributed by atoms with Gasteiger partial charge in [0.25, 0.3) is 0 Å². The molecular weight excluding hydrogens is 486 g/mol. The Balaban J connectivity index is 1.66. The van der Waals surface area contributed by atoms with Crippen molar-refractivity contribution in [2.45, 2.75) is 83.5 Å². The standard InChI is InChI=1S/C38H41NO/c1-3-5-7-11-23-38(24-12-8-6-4-2)35-25-30(29-17-15-28(27-39)16-18-29)19-21-33(35)34-22-20-31(26-36(34)38)32-13-9-10-14-37(32)40/h9-10,13-22,25-26,40H,3-8,11-12,23-24H2,1-2H3. The summed E-state index contributed by atoms with van der Waals surface area (Å²) >= 11 is 0. The molecule has 0 atom stereocenters. The maximum atomic E-state index is 10.7. The molecular formula is C38H41NO. The molecule has 0 unspecified atom stereocenters. The quantitative estimate of drug-likeness (QED) is 0.186. The molecule has 1 N–H and O–H groups in total. The summed E-state index contributed by atoms with van der Waals surface area (Å²) in [6.45, 7) is 4.56. The van der Waals surface area contributed by atoms with E-state index in [0.29, 0.717) is 11.3 Å². The molecule has 1 aliphatic rings. The lowest BCUT2D eigenvalue weighted by Crippen LogP contribution is -2.25. The van der Waals surface area contributed by atoms with Crippen LogP contribution in [0.25, 0.3) is 33.4 Å². The highest BCUT2D eigenvalue weighted by Gasteiger charge is 2.42. The van der Waals surface area contributed by atoms with Gasteiger partial charge < -0.3 is 5.11 Å². The van der Waals surface area contributed by atoms with Crippen LogP contribution >= 0.6 is 0 Å². The van der Waals surface area contributed by atoms with E-state index in [1.165, 1.54) is 79.2 Å². The summed E-state index contributed by atoms with van der Waals surface area (Å²) in [5.41, 5.74) is 10.6. The van der Waals surface area contributed by atoms with Crippen LogP contribution in [-0.2, 0) is 5.41 Å². The van der Waals surface area contributed by atoms with Gasteiger partial charge in [-0.15, -0.1) is 0 Å². The fourth-order valence-corrected chi connectivity index (χ4v) is 6.67. The second-order valence-electron chi connectivity index (χ2n) is 11.4. The zero-order valence-electron chi connectivity index (χ0n) is 24.0. The lowest BCUT2D eigenvalue weighted by molar-refractivity contribution is 0.401. The molecule has 2 heteroatoms. The van der Waals surface area contributed by atoms with Crippen molar-refractivity contribution >= 4 is 0 Å². The molecule has 0 aromatic heterocycles. The average molecular weight is 528 g/mol. The van der Waals surface area contributed by atoms with Crippen LogP contribution in [0.15, 0.2) is 84.9 Å². The molecule has 1 aliphatic carbocycles. The predicted molar refractivity (Wildman–Crippen MR) is 167 cm³/mol. The molecule has 40 heavy (non-hydrogen) atoms. The van der Waals surface area contributed by atoms with Crippen molar-refractivity contribution in [1.29, 1.82) is 5.26 Å². The smallest absolute Gasteiger partial charge is 0.123 e. The van der Waals surface area contributed by atoms with Crippen molar-refractivity contribution in [3.63, 3.8) is 0 Å². The summed E-state index contributed by atoms with van der Waals surface area (Å²) in [5, 5.41) is 20.0. The number of unbranched alkanes of at least 4 members (excludes halogenated alkanes) is 6. The van der Waals surface area contributed by atoms with Gasteiger partial charge >= 0.3 is 0 Å². The second kappa shape index (κ2) is 12.6. The van der Waals surface area contributed by atoms with Crippen molar-refractivity contribution in [3.8, 4) is 45.2 Å². The van der Waals surface area contributed by atoms with Gasteiger partial charge in [-0.1, -0.05) is 120 Å². The topological polar surface area (TPSA) is 44.0 Å². The minimum Gasteiger partial charge on any atom is -0.507 e. The third-order valence-corrected chi connectivity index (χ3v) is 8.84. The molecule has 4 aromatic carbocycles. The first kappa shape index (κ1) is 27.7. The number of aromatic hydroxyl groups is 1. The predicted octanol–water partition coefficient (Wildman–Crippen LogP) is 10.8. The molecule has 0 saturated heterocycles. The van der Waals surface area contributed by atoms with Crippen LogP contribution in [0.4, 0.5) is 0 Å². The van der Waals surface area contributed by atoms with Crippen LogP contribution in [0.3, 0.4) is 0 Å². The molecule has 0 saturated carbocycles. The van der Waals surface area contributed by atoms with Gasteiger partial charge in [0.15, 0.2) is 0 Å².